The van der Waals surface area contributed by atoms with Crippen LogP contribution in [0.3, 0.4) is 0 Å². The van der Waals surface area contributed by atoms with E-state index in [2.05, 4.69) is 19.9 Å². The third-order valence-corrected chi connectivity index (χ3v) is 10.1. The lowest BCUT2D eigenvalue weighted by molar-refractivity contribution is -0.0963. The Balaban J connectivity index is 1.23. The number of benzene rings is 4. The second-order valence-electron chi connectivity index (χ2n) is 13.8. The van der Waals surface area contributed by atoms with Gasteiger partial charge in [0.2, 0.25) is 5.95 Å². The first-order valence-electron chi connectivity index (χ1n) is 18.1. The van der Waals surface area contributed by atoms with Gasteiger partial charge in [0, 0.05) is 20.6 Å². The summed E-state index contributed by atoms with van der Waals surface area (Å²) >= 11 is 0. The fraction of sp³-hybridized carbons (Fsp3) is 0.262. The van der Waals surface area contributed by atoms with Gasteiger partial charge >= 0.3 is 6.09 Å². The molecule has 0 unspecified atom stereocenters. The molecule has 6 aromatic rings. The molecule has 14 nitrogen and oxygen atoms in total. The number of nitrogens with zero attached hydrogens (tertiary/aromatic N) is 6. The van der Waals surface area contributed by atoms with Gasteiger partial charge in [-0.15, -0.1) is 0 Å². The van der Waals surface area contributed by atoms with E-state index in [0.717, 1.165) is 22.3 Å². The van der Waals surface area contributed by atoms with Gasteiger partial charge in [0.25, 0.3) is 5.56 Å². The molecule has 0 spiro atoms. The predicted octanol–water partition coefficient (Wildman–Crippen LogP) is 5.65. The number of amides is 1. The number of aromatic amines is 1. The van der Waals surface area contributed by atoms with E-state index in [4.69, 9.17) is 23.7 Å². The van der Waals surface area contributed by atoms with Crippen molar-refractivity contribution in [2.45, 2.75) is 36.6 Å². The van der Waals surface area contributed by atoms with E-state index in [1.807, 2.05) is 123 Å². The monoisotopic (exact) mass is 755 g/mol. The van der Waals surface area contributed by atoms with Crippen molar-refractivity contribution in [1.29, 1.82) is 0 Å². The summed E-state index contributed by atoms with van der Waals surface area (Å²) in [6.07, 6.45) is 0.0919. The molecule has 4 aromatic carbocycles. The van der Waals surface area contributed by atoms with Crippen LogP contribution in [0.4, 0.5) is 10.7 Å². The van der Waals surface area contributed by atoms with Crippen molar-refractivity contribution in [3.63, 3.8) is 0 Å². The molecule has 2 aromatic heterocycles. The summed E-state index contributed by atoms with van der Waals surface area (Å²) < 4.78 is 33.0. The quantitative estimate of drug-likeness (QED) is 0.0892. The Labute approximate surface area is 322 Å². The molecular weight excluding hydrogens is 715 g/mol. The zero-order valence-electron chi connectivity index (χ0n) is 31.3. The first kappa shape index (κ1) is 36.5. The van der Waals surface area contributed by atoms with Gasteiger partial charge in [0.1, 0.15) is 29.2 Å². The molecule has 1 amide bonds. The molecule has 2 saturated heterocycles. The van der Waals surface area contributed by atoms with Crippen LogP contribution >= 0.6 is 0 Å². The molecule has 0 aliphatic carbocycles. The molecule has 4 heterocycles. The van der Waals surface area contributed by atoms with Gasteiger partial charge < -0.3 is 28.6 Å². The molecule has 2 fully saturated rings. The lowest BCUT2D eigenvalue weighted by atomic mass is 9.80. The van der Waals surface area contributed by atoms with Gasteiger partial charge in [-0.2, -0.15) is 4.98 Å². The van der Waals surface area contributed by atoms with Crippen LogP contribution in [0.1, 0.15) is 28.5 Å². The minimum atomic E-state index is -1.15. The Morgan fingerprint density at radius 2 is 1.46 bits per heavy atom. The number of rotatable bonds is 13. The lowest BCUT2D eigenvalue weighted by Crippen LogP contribution is -2.45. The number of aromatic nitrogens is 4. The van der Waals surface area contributed by atoms with Crippen LogP contribution in [0.25, 0.3) is 11.2 Å². The Hall–Kier alpha value is -6.51. The molecule has 14 heteroatoms. The van der Waals surface area contributed by atoms with Crippen molar-refractivity contribution in [2.75, 3.05) is 34.9 Å². The maximum atomic E-state index is 13.8. The lowest BCUT2D eigenvalue weighted by Gasteiger charge is -2.37. The topological polar surface area (TPSA) is 146 Å². The molecule has 8 rings (SSSR count). The molecule has 2 aliphatic rings. The first-order chi connectivity index (χ1) is 27.3. The average Bonchev–Trinajstić information content (AvgIpc) is 3.91. The summed E-state index contributed by atoms with van der Waals surface area (Å²) in [5.74, 6) is 1.49. The highest BCUT2D eigenvalue weighted by molar-refractivity contribution is 5.73. The fourth-order valence-corrected chi connectivity index (χ4v) is 7.45. The van der Waals surface area contributed by atoms with Crippen LogP contribution in [0.15, 0.2) is 125 Å². The van der Waals surface area contributed by atoms with Crippen LogP contribution in [0.2, 0.25) is 0 Å². The largest absolute Gasteiger partial charge is 0.497 e. The maximum Gasteiger partial charge on any atom is 0.411 e. The number of nitrogens with one attached hydrogen (secondary N) is 1. The minimum Gasteiger partial charge on any atom is -0.497 e. The van der Waals surface area contributed by atoms with E-state index in [1.165, 1.54) is 12.7 Å². The Kier molecular flexibility index (Phi) is 9.98. The summed E-state index contributed by atoms with van der Waals surface area (Å²) in [5.41, 5.74) is 2.20. The Morgan fingerprint density at radius 3 is 2.07 bits per heavy atom. The van der Waals surface area contributed by atoms with Crippen molar-refractivity contribution in [1.82, 2.24) is 29.3 Å². The molecule has 4 atom stereocenters. The smallest absolute Gasteiger partial charge is 0.411 e. The van der Waals surface area contributed by atoms with E-state index in [9.17, 15) is 9.59 Å². The van der Waals surface area contributed by atoms with Gasteiger partial charge in [0.05, 0.1) is 33.5 Å². The number of aliphatic imine (C=N–C) groups is 1. The minimum absolute atomic E-state index is 0.0194. The highest BCUT2D eigenvalue weighted by Crippen LogP contribution is 2.45. The molecule has 286 valence electrons. The third-order valence-electron chi connectivity index (χ3n) is 10.1. The average molecular weight is 756 g/mol. The number of ether oxygens (including phenoxy) is 5. The van der Waals surface area contributed by atoms with Crippen LogP contribution in [-0.4, -0.2) is 94.9 Å². The third kappa shape index (κ3) is 6.73. The fourth-order valence-electron chi connectivity index (χ4n) is 7.45. The summed E-state index contributed by atoms with van der Waals surface area (Å²) in [6, 6.07) is 34.6. The SMILES string of the molecule is COc1ccc(C(OC[C@H]2O[C@@H](n3cnc4c(=O)[nH]c(/N=C/N(C)C)nc43)[C@@H]3OC(=O)N(Cc4ccccc4)[C@@H]32)(c2ccccc2)c2ccc(OC)cc2)cc1. The summed E-state index contributed by atoms with van der Waals surface area (Å²) in [5, 5.41) is 0. The number of carbonyl (C=O) groups is 1. The number of hydrogen-bond acceptors (Lipinski definition) is 10. The standard InChI is InChI=1S/C42H41N7O7/c1-47(2)25-44-40-45-37-34(38(50)46-40)43-26-49(37)39-36-35(48(41(51)56-36)23-27-11-7-5-8-12-27)33(55-39)24-54-42(28-13-9-6-10-14-28,29-15-19-31(52-3)20-16-29)30-17-21-32(53-4)22-18-30/h5-22,25-26,33,35-36,39H,23-24H2,1-4H3,(H,45,46,50)/b44-25+/t33-,35-,36-,39-/m1/s1. The second kappa shape index (κ2) is 15.3. The molecule has 0 bridgehead atoms. The molecule has 0 saturated carbocycles. The van der Waals surface area contributed by atoms with Gasteiger partial charge in [-0.3, -0.25) is 19.2 Å². The first-order valence-corrected chi connectivity index (χ1v) is 18.1. The zero-order chi connectivity index (χ0) is 38.8. The van der Waals surface area contributed by atoms with E-state index in [-0.39, 0.29) is 30.3 Å². The van der Waals surface area contributed by atoms with E-state index < -0.39 is 41.7 Å². The molecule has 2 aliphatic heterocycles. The number of imidazole rings is 1. The summed E-state index contributed by atoms with van der Waals surface area (Å²) in [4.78, 5) is 46.4. The number of hydrogen-bond donors (Lipinski definition) is 1. The predicted molar refractivity (Wildman–Crippen MR) is 208 cm³/mol. The highest BCUT2D eigenvalue weighted by atomic mass is 16.6. The van der Waals surface area contributed by atoms with Crippen molar-refractivity contribution < 1.29 is 28.5 Å². The van der Waals surface area contributed by atoms with Crippen molar-refractivity contribution in [3.8, 4) is 11.5 Å². The van der Waals surface area contributed by atoms with E-state index in [0.29, 0.717) is 11.5 Å². The van der Waals surface area contributed by atoms with Gasteiger partial charge in [-0.05, 0) is 46.5 Å². The van der Waals surface area contributed by atoms with Crippen LogP contribution in [0.5, 0.6) is 11.5 Å². The number of fused-ring (bicyclic) bond motifs is 2. The van der Waals surface area contributed by atoms with Crippen LogP contribution in [0, 0.1) is 0 Å². The zero-order valence-corrected chi connectivity index (χ0v) is 31.3. The van der Waals surface area contributed by atoms with Crippen molar-refractivity contribution in [2.24, 2.45) is 4.99 Å². The van der Waals surface area contributed by atoms with Crippen molar-refractivity contribution in [3.05, 3.63) is 148 Å². The highest BCUT2D eigenvalue weighted by Gasteiger charge is 2.58. The summed E-state index contributed by atoms with van der Waals surface area (Å²) in [7, 11) is 6.88. The molecule has 56 heavy (non-hydrogen) atoms. The number of methoxy groups -OCH3 is 2. The second-order valence-corrected chi connectivity index (χ2v) is 13.8. The Morgan fingerprint density at radius 1 is 0.857 bits per heavy atom. The van der Waals surface area contributed by atoms with Gasteiger partial charge in [-0.1, -0.05) is 84.9 Å². The molecular formula is C42H41N7O7. The van der Waals surface area contributed by atoms with E-state index in [1.54, 1.807) is 28.6 Å². The van der Waals surface area contributed by atoms with Gasteiger partial charge in [0.15, 0.2) is 23.5 Å². The molecule has 0 radical (unpaired) electrons. The van der Waals surface area contributed by atoms with E-state index >= 15 is 0 Å². The summed E-state index contributed by atoms with van der Waals surface area (Å²) in [6.45, 7) is 0.297. The van der Waals surface area contributed by atoms with Gasteiger partial charge in [-0.25, -0.2) is 14.8 Å². The maximum absolute atomic E-state index is 13.8. The molecule has 1 N–H and O–H groups in total. The Bertz CT molecular complexity index is 2340. The number of H-pyrrole nitrogens is 1. The van der Waals surface area contributed by atoms with Crippen LogP contribution in [-0.2, 0) is 26.4 Å². The normalized spacial score (nSPS) is 19.4. The number of carbonyl (C=O) groups excluding carboxylic acids is 1. The van der Waals surface area contributed by atoms with Crippen molar-refractivity contribution >= 4 is 29.5 Å². The van der Waals surface area contributed by atoms with Crippen LogP contribution < -0.4 is 15.0 Å².